The van der Waals surface area contributed by atoms with Gasteiger partial charge in [0.2, 0.25) is 0 Å². The van der Waals surface area contributed by atoms with Gasteiger partial charge in [-0.05, 0) is 117 Å². The molecule has 1 aliphatic carbocycles. The van der Waals surface area contributed by atoms with Gasteiger partial charge < -0.3 is 0 Å². The average molecular weight is 641 g/mol. The molecule has 1 aromatic heterocycles. The Morgan fingerprint density at radius 1 is 0.560 bits per heavy atom. The SMILES string of the molecule is C1=Cc2c(-c3cc(C4=CC(c5ccccc5)=NC(c5ccccc5)C4)cc(-c4ccc(-c5ccccc5)cn4)c3)cc3ccccc3c2CC1. The molecular formula is C48H36N2. The largest absolute Gasteiger partial charge is 0.276 e. The van der Waals surface area contributed by atoms with Gasteiger partial charge in [0.15, 0.2) is 0 Å². The molecule has 9 rings (SSSR count). The normalized spacial score (nSPS) is 15.3. The number of fused-ring (bicyclic) bond motifs is 3. The first-order valence-corrected chi connectivity index (χ1v) is 17.5. The molecule has 6 aromatic carbocycles. The van der Waals surface area contributed by atoms with Gasteiger partial charge in [-0.1, -0.05) is 133 Å². The van der Waals surface area contributed by atoms with E-state index in [2.05, 4.69) is 170 Å². The van der Waals surface area contributed by atoms with Crippen LogP contribution in [0.5, 0.6) is 0 Å². The van der Waals surface area contributed by atoms with Crippen LogP contribution in [0.2, 0.25) is 0 Å². The summed E-state index contributed by atoms with van der Waals surface area (Å²) in [5.41, 5.74) is 15.5. The van der Waals surface area contributed by atoms with E-state index < -0.39 is 0 Å². The van der Waals surface area contributed by atoms with E-state index in [-0.39, 0.29) is 6.04 Å². The maximum Gasteiger partial charge on any atom is 0.0796 e. The van der Waals surface area contributed by atoms with E-state index in [0.717, 1.165) is 47.4 Å². The third kappa shape index (κ3) is 5.80. The highest BCUT2D eigenvalue weighted by Gasteiger charge is 2.23. The van der Waals surface area contributed by atoms with Gasteiger partial charge in [0.05, 0.1) is 17.4 Å². The Labute approximate surface area is 293 Å². The lowest BCUT2D eigenvalue weighted by molar-refractivity contribution is 0.748. The molecule has 2 nitrogen and oxygen atoms in total. The quantitative estimate of drug-likeness (QED) is 0.178. The van der Waals surface area contributed by atoms with Crippen LogP contribution in [0, 0.1) is 0 Å². The molecule has 0 saturated carbocycles. The van der Waals surface area contributed by atoms with Crippen molar-refractivity contribution in [3.63, 3.8) is 0 Å². The van der Waals surface area contributed by atoms with Crippen molar-refractivity contribution in [3.8, 4) is 33.5 Å². The highest BCUT2D eigenvalue weighted by molar-refractivity contribution is 6.13. The van der Waals surface area contributed by atoms with Crippen molar-refractivity contribution in [1.82, 2.24) is 4.98 Å². The molecule has 0 radical (unpaired) electrons. The zero-order chi connectivity index (χ0) is 33.3. The highest BCUT2D eigenvalue weighted by atomic mass is 14.8. The molecule has 0 amide bonds. The number of nitrogens with zero attached hydrogens (tertiary/aromatic N) is 2. The predicted octanol–water partition coefficient (Wildman–Crippen LogP) is 12.2. The molecule has 2 aliphatic rings. The van der Waals surface area contributed by atoms with Crippen molar-refractivity contribution in [2.45, 2.75) is 25.3 Å². The van der Waals surface area contributed by atoms with E-state index in [4.69, 9.17) is 9.98 Å². The minimum absolute atomic E-state index is 0.0261. The molecule has 0 N–H and O–H groups in total. The summed E-state index contributed by atoms with van der Waals surface area (Å²) in [5.74, 6) is 0. The molecule has 0 saturated heterocycles. The van der Waals surface area contributed by atoms with E-state index in [1.165, 1.54) is 55.3 Å². The fourth-order valence-electron chi connectivity index (χ4n) is 7.57. The lowest BCUT2D eigenvalue weighted by atomic mass is 9.83. The molecule has 1 aliphatic heterocycles. The van der Waals surface area contributed by atoms with Crippen LogP contribution in [-0.4, -0.2) is 10.7 Å². The lowest BCUT2D eigenvalue weighted by Gasteiger charge is -2.24. The average Bonchev–Trinajstić information content (AvgIpc) is 3.21. The van der Waals surface area contributed by atoms with E-state index in [1.54, 1.807) is 0 Å². The van der Waals surface area contributed by atoms with Crippen molar-refractivity contribution in [3.05, 3.63) is 198 Å². The minimum Gasteiger partial charge on any atom is -0.276 e. The Balaban J connectivity index is 1.23. The molecule has 2 heteroatoms. The molecule has 0 fully saturated rings. The van der Waals surface area contributed by atoms with Gasteiger partial charge in [0.1, 0.15) is 0 Å². The first-order valence-electron chi connectivity index (χ1n) is 17.5. The maximum absolute atomic E-state index is 5.31. The number of hydrogen-bond donors (Lipinski definition) is 0. The monoisotopic (exact) mass is 640 g/mol. The maximum atomic E-state index is 5.31. The number of benzene rings is 6. The number of aromatic nitrogens is 1. The van der Waals surface area contributed by atoms with E-state index in [9.17, 15) is 0 Å². The lowest BCUT2D eigenvalue weighted by Crippen LogP contribution is -2.10. The summed E-state index contributed by atoms with van der Waals surface area (Å²) in [5, 5.41) is 2.64. The van der Waals surface area contributed by atoms with Gasteiger partial charge in [-0.15, -0.1) is 0 Å². The Morgan fingerprint density at radius 3 is 2.04 bits per heavy atom. The second-order valence-electron chi connectivity index (χ2n) is 13.3. The van der Waals surface area contributed by atoms with Crippen LogP contribution < -0.4 is 0 Å². The summed E-state index contributed by atoms with van der Waals surface area (Å²) in [6, 6.07) is 54.4. The molecule has 0 bridgehead atoms. The smallest absolute Gasteiger partial charge is 0.0796 e. The van der Waals surface area contributed by atoms with Crippen molar-refractivity contribution >= 4 is 28.1 Å². The van der Waals surface area contributed by atoms with Crippen LogP contribution in [0.4, 0.5) is 0 Å². The zero-order valence-electron chi connectivity index (χ0n) is 27.8. The molecule has 2 heterocycles. The van der Waals surface area contributed by atoms with Gasteiger partial charge in [-0.3, -0.25) is 9.98 Å². The standard InChI is InChI=1S/C48H36N2/c1-4-14-33(15-5-1)37-24-25-46(49-32-37)41-27-38(26-40(28-41)45-29-36-20-10-11-21-42(36)43-22-12-13-23-44(43)45)39-30-47(34-16-6-2-7-17-34)50-48(31-39)35-18-8-3-9-19-35/h1-11,13-21,23-30,32,48H,12,22,31H2. The number of pyridine rings is 1. The van der Waals surface area contributed by atoms with Crippen LogP contribution >= 0.6 is 0 Å². The second-order valence-corrected chi connectivity index (χ2v) is 13.3. The van der Waals surface area contributed by atoms with Crippen LogP contribution in [0.15, 0.2) is 175 Å². The van der Waals surface area contributed by atoms with Crippen molar-refractivity contribution in [2.75, 3.05) is 0 Å². The number of aliphatic imine (C=N–C) groups is 1. The Morgan fingerprint density at radius 2 is 1.26 bits per heavy atom. The molecule has 0 spiro atoms. The van der Waals surface area contributed by atoms with Gasteiger partial charge in [-0.25, -0.2) is 0 Å². The Bertz CT molecular complexity index is 2420. The third-order valence-corrected chi connectivity index (χ3v) is 10.1. The summed E-state index contributed by atoms with van der Waals surface area (Å²) in [6.07, 6.45) is 11.9. The van der Waals surface area contributed by atoms with Gasteiger partial charge >= 0.3 is 0 Å². The van der Waals surface area contributed by atoms with Crippen molar-refractivity contribution in [1.29, 1.82) is 0 Å². The number of allylic oxidation sites excluding steroid dienone is 2. The van der Waals surface area contributed by atoms with E-state index in [0.29, 0.717) is 0 Å². The number of aryl methyl sites for hydroxylation is 1. The van der Waals surface area contributed by atoms with Crippen LogP contribution in [0.1, 0.15) is 46.7 Å². The second kappa shape index (κ2) is 13.1. The summed E-state index contributed by atoms with van der Waals surface area (Å²) in [7, 11) is 0. The first kappa shape index (κ1) is 30.0. The molecule has 50 heavy (non-hydrogen) atoms. The van der Waals surface area contributed by atoms with E-state index >= 15 is 0 Å². The number of dihydropyridines is 1. The van der Waals surface area contributed by atoms with Crippen LogP contribution in [0.3, 0.4) is 0 Å². The summed E-state index contributed by atoms with van der Waals surface area (Å²) in [6.45, 7) is 0. The van der Waals surface area contributed by atoms with Crippen molar-refractivity contribution < 1.29 is 0 Å². The predicted molar refractivity (Wildman–Crippen MR) is 210 cm³/mol. The minimum atomic E-state index is 0.0261. The Hall–Kier alpha value is -6.12. The Kier molecular flexibility index (Phi) is 7.83. The summed E-state index contributed by atoms with van der Waals surface area (Å²) >= 11 is 0. The first-order chi connectivity index (χ1) is 24.8. The number of hydrogen-bond acceptors (Lipinski definition) is 2. The number of rotatable bonds is 6. The van der Waals surface area contributed by atoms with E-state index in [1.807, 2.05) is 6.20 Å². The third-order valence-electron chi connectivity index (χ3n) is 10.1. The van der Waals surface area contributed by atoms with Gasteiger partial charge in [0.25, 0.3) is 0 Å². The summed E-state index contributed by atoms with van der Waals surface area (Å²) < 4.78 is 0. The van der Waals surface area contributed by atoms with Gasteiger partial charge in [-0.2, -0.15) is 0 Å². The molecular weight excluding hydrogens is 605 g/mol. The zero-order valence-corrected chi connectivity index (χ0v) is 27.8. The fraction of sp³-hybridized carbons (Fsp3) is 0.0833. The molecule has 238 valence electrons. The fourth-order valence-corrected chi connectivity index (χ4v) is 7.57. The van der Waals surface area contributed by atoms with Crippen LogP contribution in [0.25, 0.3) is 55.9 Å². The van der Waals surface area contributed by atoms with Crippen LogP contribution in [-0.2, 0) is 6.42 Å². The van der Waals surface area contributed by atoms with Gasteiger partial charge in [0, 0.05) is 17.3 Å². The van der Waals surface area contributed by atoms with Crippen molar-refractivity contribution in [2.24, 2.45) is 4.99 Å². The topological polar surface area (TPSA) is 25.2 Å². The molecule has 1 unspecified atom stereocenters. The molecule has 7 aromatic rings. The highest BCUT2D eigenvalue weighted by Crippen LogP contribution is 2.41. The summed E-state index contributed by atoms with van der Waals surface area (Å²) in [4.78, 5) is 10.4. The molecule has 1 atom stereocenters.